The predicted octanol–water partition coefficient (Wildman–Crippen LogP) is 4.03. The molecule has 0 atom stereocenters. The van der Waals surface area contributed by atoms with Gasteiger partial charge in [0.1, 0.15) is 5.76 Å². The number of hydrogen-bond acceptors (Lipinski definition) is 2. The van der Waals surface area contributed by atoms with Crippen molar-refractivity contribution in [2.75, 3.05) is 0 Å². The van der Waals surface area contributed by atoms with Crippen molar-refractivity contribution in [1.82, 2.24) is 0 Å². The van der Waals surface area contributed by atoms with Gasteiger partial charge in [-0.3, -0.25) is 0 Å². The van der Waals surface area contributed by atoms with Crippen LogP contribution < -0.4 is 0 Å². The van der Waals surface area contributed by atoms with Crippen LogP contribution in [0.5, 0.6) is 0 Å². The molecule has 2 N–H and O–H groups in total. The van der Waals surface area contributed by atoms with Crippen LogP contribution in [0.15, 0.2) is 35.8 Å². The van der Waals surface area contributed by atoms with E-state index in [0.717, 1.165) is 31.3 Å². The second-order valence-corrected chi connectivity index (χ2v) is 3.45. The van der Waals surface area contributed by atoms with E-state index < -0.39 is 0 Å². The van der Waals surface area contributed by atoms with Gasteiger partial charge in [0.05, 0.1) is 5.76 Å². The number of hydrogen-bond donors (Lipinski definition) is 2. The molecule has 0 heterocycles. The molecule has 80 valence electrons. The van der Waals surface area contributed by atoms with Crippen LogP contribution in [-0.2, 0) is 0 Å². The number of rotatable bonds is 6. The van der Waals surface area contributed by atoms with E-state index in [1.807, 2.05) is 0 Å². The van der Waals surface area contributed by atoms with Gasteiger partial charge in [-0.25, -0.2) is 0 Å². The third kappa shape index (κ3) is 7.47. The van der Waals surface area contributed by atoms with Crippen LogP contribution in [0, 0.1) is 0 Å². The zero-order valence-corrected chi connectivity index (χ0v) is 9.08. The molecular weight excluding hydrogens is 176 g/mol. The third-order valence-electron chi connectivity index (χ3n) is 1.82. The quantitative estimate of drug-likeness (QED) is 0.382. The van der Waals surface area contributed by atoms with Crippen LogP contribution >= 0.6 is 0 Å². The van der Waals surface area contributed by atoms with Crippen LogP contribution in [0.2, 0.25) is 0 Å². The summed E-state index contributed by atoms with van der Waals surface area (Å²) >= 11 is 0. The summed E-state index contributed by atoms with van der Waals surface area (Å²) in [5, 5.41) is 18.1. The molecule has 0 aromatic carbocycles. The van der Waals surface area contributed by atoms with Gasteiger partial charge in [0.15, 0.2) is 0 Å². The Morgan fingerprint density at radius 2 is 1.86 bits per heavy atom. The second kappa shape index (κ2) is 7.25. The number of aliphatic hydroxyl groups is 2. The molecule has 0 spiro atoms. The highest BCUT2D eigenvalue weighted by atomic mass is 16.3. The normalized spacial score (nSPS) is 13.0. The summed E-state index contributed by atoms with van der Waals surface area (Å²) in [5.41, 5.74) is 0.922. The predicted molar refractivity (Wildman–Crippen MR) is 60.4 cm³/mol. The Hall–Kier alpha value is -1.18. The SMILES string of the molecule is C=C(O)/C=C(\C=C(/C)O)CCCCC. The lowest BCUT2D eigenvalue weighted by Gasteiger charge is -2.02. The fraction of sp³-hybridized carbons (Fsp3) is 0.500. The first-order valence-corrected chi connectivity index (χ1v) is 5.02. The van der Waals surface area contributed by atoms with Gasteiger partial charge in [0.25, 0.3) is 0 Å². The van der Waals surface area contributed by atoms with Gasteiger partial charge in [-0.15, -0.1) is 0 Å². The van der Waals surface area contributed by atoms with E-state index in [2.05, 4.69) is 13.5 Å². The van der Waals surface area contributed by atoms with Crippen LogP contribution in [0.25, 0.3) is 0 Å². The van der Waals surface area contributed by atoms with Crippen molar-refractivity contribution in [1.29, 1.82) is 0 Å². The third-order valence-corrected chi connectivity index (χ3v) is 1.82. The molecule has 0 saturated carbocycles. The van der Waals surface area contributed by atoms with E-state index in [1.165, 1.54) is 0 Å². The van der Waals surface area contributed by atoms with Crippen molar-refractivity contribution in [2.45, 2.75) is 39.5 Å². The molecule has 0 radical (unpaired) electrons. The molecule has 14 heavy (non-hydrogen) atoms. The first-order chi connectivity index (χ1) is 6.56. The number of unbranched alkanes of at least 4 members (excludes halogenated alkanes) is 2. The van der Waals surface area contributed by atoms with Crippen molar-refractivity contribution in [3.63, 3.8) is 0 Å². The standard InChI is InChI=1S/C12H20O2/c1-4-5-6-7-12(8-10(2)13)9-11(3)14/h8-9,13-14H,2,4-7H2,1,3H3/b11-9+,12-8-. The van der Waals surface area contributed by atoms with Crippen molar-refractivity contribution in [2.24, 2.45) is 0 Å². The number of aliphatic hydroxyl groups excluding tert-OH is 2. The van der Waals surface area contributed by atoms with Gasteiger partial charge >= 0.3 is 0 Å². The molecule has 0 aliphatic rings. The molecular formula is C12H20O2. The van der Waals surface area contributed by atoms with E-state index >= 15 is 0 Å². The monoisotopic (exact) mass is 196 g/mol. The molecule has 0 aliphatic heterocycles. The summed E-state index contributed by atoms with van der Waals surface area (Å²) in [6.07, 6.45) is 7.51. The van der Waals surface area contributed by atoms with Crippen molar-refractivity contribution < 1.29 is 10.2 Å². The summed E-state index contributed by atoms with van der Waals surface area (Å²) in [7, 11) is 0. The molecule has 0 fully saturated rings. The van der Waals surface area contributed by atoms with E-state index in [4.69, 9.17) is 10.2 Å². The Kier molecular flexibility index (Phi) is 6.63. The Morgan fingerprint density at radius 1 is 1.21 bits per heavy atom. The summed E-state index contributed by atoms with van der Waals surface area (Å²) in [6.45, 7) is 7.16. The summed E-state index contributed by atoms with van der Waals surface area (Å²) in [6, 6.07) is 0. The molecule has 0 saturated heterocycles. The molecule has 0 unspecified atom stereocenters. The summed E-state index contributed by atoms with van der Waals surface area (Å²) in [5.74, 6) is 0.294. The minimum absolute atomic E-state index is 0.0361. The molecule has 0 aliphatic carbocycles. The van der Waals surface area contributed by atoms with Gasteiger partial charge in [0, 0.05) is 0 Å². The van der Waals surface area contributed by atoms with Crippen LogP contribution in [0.3, 0.4) is 0 Å². The van der Waals surface area contributed by atoms with Crippen molar-refractivity contribution in [3.05, 3.63) is 35.8 Å². The first-order valence-electron chi connectivity index (χ1n) is 5.02. The minimum atomic E-state index is 0.0361. The fourth-order valence-electron chi connectivity index (χ4n) is 1.25. The van der Waals surface area contributed by atoms with E-state index in [-0.39, 0.29) is 11.5 Å². The largest absolute Gasteiger partial charge is 0.513 e. The lowest BCUT2D eigenvalue weighted by Crippen LogP contribution is -1.85. The van der Waals surface area contributed by atoms with Gasteiger partial charge in [-0.1, -0.05) is 26.3 Å². The average Bonchev–Trinajstić information content (AvgIpc) is 2.02. The summed E-state index contributed by atoms with van der Waals surface area (Å²) in [4.78, 5) is 0. The Bertz CT molecular complexity index is 233. The van der Waals surface area contributed by atoms with Crippen molar-refractivity contribution >= 4 is 0 Å². The van der Waals surface area contributed by atoms with Crippen LogP contribution in [0.1, 0.15) is 39.5 Å². The van der Waals surface area contributed by atoms with Crippen molar-refractivity contribution in [3.8, 4) is 0 Å². The highest BCUT2D eigenvalue weighted by Crippen LogP contribution is 2.13. The smallest absolute Gasteiger partial charge is 0.108 e. The van der Waals surface area contributed by atoms with Gasteiger partial charge in [-0.05, 0) is 37.5 Å². The lowest BCUT2D eigenvalue weighted by molar-refractivity contribution is 0.413. The molecule has 0 aromatic rings. The molecule has 0 aromatic heterocycles. The first kappa shape index (κ1) is 12.8. The Morgan fingerprint density at radius 3 is 2.29 bits per heavy atom. The Labute approximate surface area is 86.3 Å². The molecule has 2 nitrogen and oxygen atoms in total. The maximum Gasteiger partial charge on any atom is 0.108 e. The fourth-order valence-corrected chi connectivity index (χ4v) is 1.25. The molecule has 0 bridgehead atoms. The van der Waals surface area contributed by atoms with Gasteiger partial charge in [-0.2, -0.15) is 0 Å². The molecule has 0 rings (SSSR count). The molecule has 2 heteroatoms. The van der Waals surface area contributed by atoms with Crippen LogP contribution in [-0.4, -0.2) is 10.2 Å². The van der Waals surface area contributed by atoms with Gasteiger partial charge < -0.3 is 10.2 Å². The average molecular weight is 196 g/mol. The van der Waals surface area contributed by atoms with E-state index in [0.29, 0.717) is 0 Å². The molecule has 0 amide bonds. The maximum atomic E-state index is 9.10. The zero-order chi connectivity index (χ0) is 11.0. The highest BCUT2D eigenvalue weighted by molar-refractivity contribution is 5.26. The lowest BCUT2D eigenvalue weighted by atomic mass is 10.1. The highest BCUT2D eigenvalue weighted by Gasteiger charge is 1.96. The second-order valence-electron chi connectivity index (χ2n) is 3.45. The maximum absolute atomic E-state index is 9.10. The zero-order valence-electron chi connectivity index (χ0n) is 9.08. The Balaban J connectivity index is 4.27. The minimum Gasteiger partial charge on any atom is -0.513 e. The van der Waals surface area contributed by atoms with E-state index in [9.17, 15) is 0 Å². The van der Waals surface area contributed by atoms with E-state index in [1.54, 1.807) is 19.1 Å². The number of allylic oxidation sites excluding steroid dienone is 4. The topological polar surface area (TPSA) is 40.5 Å². The van der Waals surface area contributed by atoms with Gasteiger partial charge in [0.2, 0.25) is 0 Å². The van der Waals surface area contributed by atoms with Crippen LogP contribution in [0.4, 0.5) is 0 Å². The summed E-state index contributed by atoms with van der Waals surface area (Å²) < 4.78 is 0.